The fraction of sp³-hybridized carbons (Fsp3) is 0.875. The van der Waals surface area contributed by atoms with Gasteiger partial charge in [0.25, 0.3) is 0 Å². The van der Waals surface area contributed by atoms with Crippen LogP contribution in [0, 0.1) is 0 Å². The van der Waals surface area contributed by atoms with Gasteiger partial charge in [-0.2, -0.15) is 0 Å². The molecule has 76 valence electrons. The van der Waals surface area contributed by atoms with Crippen LogP contribution in [0.25, 0.3) is 0 Å². The van der Waals surface area contributed by atoms with E-state index < -0.39 is 0 Å². The summed E-state index contributed by atoms with van der Waals surface area (Å²) in [6, 6.07) is 0.330. The van der Waals surface area contributed by atoms with Crippen LogP contribution in [0.3, 0.4) is 0 Å². The van der Waals surface area contributed by atoms with Crippen LogP contribution in [0.4, 0.5) is 0 Å². The zero-order valence-corrected chi connectivity index (χ0v) is 8.10. The topological polar surface area (TPSA) is 71.1 Å². The Hall–Kier alpha value is -0.810. The Morgan fingerprint density at radius 1 is 1.69 bits per heavy atom. The van der Waals surface area contributed by atoms with Gasteiger partial charge in [-0.15, -0.1) is 0 Å². The van der Waals surface area contributed by atoms with Gasteiger partial charge >= 0.3 is 0 Å². The van der Waals surface area contributed by atoms with Gasteiger partial charge in [0, 0.05) is 12.6 Å². The van der Waals surface area contributed by atoms with E-state index in [0.717, 1.165) is 6.54 Å². The molecule has 1 fully saturated rings. The van der Waals surface area contributed by atoms with Gasteiger partial charge in [0.15, 0.2) is 5.84 Å². The first-order valence-corrected chi connectivity index (χ1v) is 4.45. The van der Waals surface area contributed by atoms with Crippen LogP contribution < -0.4 is 5.73 Å². The van der Waals surface area contributed by atoms with Crippen LogP contribution in [0.2, 0.25) is 0 Å². The number of amidine groups is 1. The molecule has 1 heterocycles. The summed E-state index contributed by atoms with van der Waals surface area (Å²) >= 11 is 0. The van der Waals surface area contributed by atoms with Crippen molar-refractivity contribution in [2.24, 2.45) is 10.9 Å². The molecule has 0 aromatic rings. The van der Waals surface area contributed by atoms with Crippen molar-refractivity contribution in [1.82, 2.24) is 4.90 Å². The second-order valence-corrected chi connectivity index (χ2v) is 3.51. The summed E-state index contributed by atoms with van der Waals surface area (Å²) < 4.78 is 5.45. The van der Waals surface area contributed by atoms with Crippen molar-refractivity contribution in [1.29, 1.82) is 0 Å². The van der Waals surface area contributed by atoms with Crippen molar-refractivity contribution in [3.8, 4) is 0 Å². The van der Waals surface area contributed by atoms with E-state index in [1.54, 1.807) is 0 Å². The van der Waals surface area contributed by atoms with E-state index in [9.17, 15) is 0 Å². The predicted octanol–water partition coefficient (Wildman–Crippen LogP) is -0.158. The number of nitrogens with two attached hydrogens (primary N) is 1. The van der Waals surface area contributed by atoms with Crippen LogP contribution in [0.1, 0.15) is 13.8 Å². The van der Waals surface area contributed by atoms with Crippen molar-refractivity contribution in [2.45, 2.75) is 26.0 Å². The lowest BCUT2D eigenvalue weighted by Crippen LogP contribution is -2.50. The van der Waals surface area contributed by atoms with E-state index in [1.807, 2.05) is 6.92 Å². The lowest BCUT2D eigenvalue weighted by molar-refractivity contribution is -0.0434. The van der Waals surface area contributed by atoms with E-state index in [0.29, 0.717) is 19.2 Å². The highest BCUT2D eigenvalue weighted by atomic mass is 16.5. The Morgan fingerprint density at radius 2 is 2.38 bits per heavy atom. The molecule has 0 bridgehead atoms. The molecule has 13 heavy (non-hydrogen) atoms. The maximum Gasteiger partial charge on any atom is 0.153 e. The number of hydrogen-bond acceptors (Lipinski definition) is 4. The Kier molecular flexibility index (Phi) is 3.50. The molecule has 0 saturated carbocycles. The summed E-state index contributed by atoms with van der Waals surface area (Å²) in [7, 11) is 0. The first kappa shape index (κ1) is 10.3. The third kappa shape index (κ3) is 2.86. The second kappa shape index (κ2) is 4.43. The van der Waals surface area contributed by atoms with E-state index in [4.69, 9.17) is 15.7 Å². The fourth-order valence-corrected chi connectivity index (χ4v) is 1.43. The number of nitrogens with zero attached hydrogens (tertiary/aromatic N) is 2. The molecular formula is C8H17N3O2. The molecular weight excluding hydrogens is 170 g/mol. The molecule has 1 saturated heterocycles. The molecule has 1 rings (SSSR count). The maximum absolute atomic E-state index is 8.42. The van der Waals surface area contributed by atoms with Crippen LogP contribution in [0.15, 0.2) is 5.16 Å². The van der Waals surface area contributed by atoms with Gasteiger partial charge in [-0.25, -0.2) is 0 Å². The minimum absolute atomic E-state index is 0.225. The van der Waals surface area contributed by atoms with Gasteiger partial charge in [-0.05, 0) is 13.8 Å². The highest BCUT2D eigenvalue weighted by Crippen LogP contribution is 2.10. The largest absolute Gasteiger partial charge is 0.409 e. The third-order valence-electron chi connectivity index (χ3n) is 2.23. The average Bonchev–Trinajstić information content (AvgIpc) is 2.11. The minimum Gasteiger partial charge on any atom is -0.409 e. The van der Waals surface area contributed by atoms with Crippen molar-refractivity contribution in [2.75, 3.05) is 19.7 Å². The highest BCUT2D eigenvalue weighted by Gasteiger charge is 2.23. The number of morpholine rings is 1. The fourth-order valence-electron chi connectivity index (χ4n) is 1.43. The Labute approximate surface area is 78.1 Å². The van der Waals surface area contributed by atoms with Crippen molar-refractivity contribution < 1.29 is 9.94 Å². The lowest BCUT2D eigenvalue weighted by atomic mass is 10.2. The smallest absolute Gasteiger partial charge is 0.153 e. The molecule has 0 spiro atoms. The zero-order valence-electron chi connectivity index (χ0n) is 8.10. The summed E-state index contributed by atoms with van der Waals surface area (Å²) in [5, 5.41) is 11.4. The summed E-state index contributed by atoms with van der Waals surface area (Å²) in [5.41, 5.74) is 5.43. The van der Waals surface area contributed by atoms with Crippen molar-refractivity contribution in [3.05, 3.63) is 0 Å². The first-order chi connectivity index (χ1) is 6.13. The van der Waals surface area contributed by atoms with Gasteiger partial charge in [-0.1, -0.05) is 5.16 Å². The molecule has 0 aliphatic carbocycles. The molecule has 3 N–H and O–H groups in total. The van der Waals surface area contributed by atoms with E-state index in [2.05, 4.69) is 17.0 Å². The first-order valence-electron chi connectivity index (χ1n) is 4.45. The number of rotatable bonds is 2. The van der Waals surface area contributed by atoms with Gasteiger partial charge in [0.1, 0.15) is 0 Å². The molecule has 5 nitrogen and oxygen atoms in total. The Bertz CT molecular complexity index is 196. The van der Waals surface area contributed by atoms with Crippen molar-refractivity contribution in [3.63, 3.8) is 0 Å². The normalized spacial score (nSPS) is 32.0. The standard InChI is InChI=1S/C8H17N3O2/c1-6-5-13-7(2)3-11(6)4-8(9)10-12/h6-7,12H,3-5H2,1-2H3,(H2,9,10). The van der Waals surface area contributed by atoms with Crippen LogP contribution in [0.5, 0.6) is 0 Å². The van der Waals surface area contributed by atoms with Gasteiger partial charge in [-0.3, -0.25) is 4.90 Å². The number of hydrogen-bond donors (Lipinski definition) is 2. The molecule has 2 atom stereocenters. The summed E-state index contributed by atoms with van der Waals surface area (Å²) in [4.78, 5) is 2.14. The molecule has 0 aromatic carbocycles. The molecule has 0 amide bonds. The molecule has 0 radical (unpaired) electrons. The van der Waals surface area contributed by atoms with Gasteiger partial charge in [0.05, 0.1) is 19.3 Å². The zero-order chi connectivity index (χ0) is 9.84. The van der Waals surface area contributed by atoms with Crippen LogP contribution >= 0.6 is 0 Å². The highest BCUT2D eigenvalue weighted by molar-refractivity contribution is 5.81. The van der Waals surface area contributed by atoms with E-state index >= 15 is 0 Å². The monoisotopic (exact) mass is 187 g/mol. The number of oxime groups is 1. The molecule has 5 heteroatoms. The molecule has 0 aromatic heterocycles. The summed E-state index contributed by atoms with van der Waals surface area (Å²) in [6.45, 7) is 6.13. The molecule has 1 aliphatic rings. The van der Waals surface area contributed by atoms with Crippen LogP contribution in [-0.4, -0.2) is 47.8 Å². The second-order valence-electron chi connectivity index (χ2n) is 3.51. The average molecular weight is 187 g/mol. The maximum atomic E-state index is 8.42. The number of ether oxygens (including phenoxy) is 1. The predicted molar refractivity (Wildman–Crippen MR) is 49.9 cm³/mol. The van der Waals surface area contributed by atoms with Crippen LogP contribution in [-0.2, 0) is 4.74 Å². The third-order valence-corrected chi connectivity index (χ3v) is 2.23. The Balaban J connectivity index is 2.46. The quantitative estimate of drug-likeness (QED) is 0.273. The SMILES string of the molecule is CC1CN(C/C(N)=N/O)C(C)CO1. The van der Waals surface area contributed by atoms with Crippen molar-refractivity contribution >= 4 is 5.84 Å². The summed E-state index contributed by atoms with van der Waals surface area (Å²) in [6.07, 6.45) is 0.225. The van der Waals surface area contributed by atoms with E-state index in [-0.39, 0.29) is 11.9 Å². The lowest BCUT2D eigenvalue weighted by Gasteiger charge is -2.36. The van der Waals surface area contributed by atoms with Gasteiger partial charge < -0.3 is 15.7 Å². The minimum atomic E-state index is 0.225. The van der Waals surface area contributed by atoms with Gasteiger partial charge in [0.2, 0.25) is 0 Å². The molecule has 2 unspecified atom stereocenters. The summed E-state index contributed by atoms with van der Waals surface area (Å²) in [5.74, 6) is 0.251. The molecule has 1 aliphatic heterocycles. The Morgan fingerprint density at radius 3 is 3.00 bits per heavy atom. The van der Waals surface area contributed by atoms with E-state index in [1.165, 1.54) is 0 Å².